The highest BCUT2D eigenvalue weighted by Crippen LogP contribution is 2.25. The number of carbonyl (C=O) groups is 1. The molecule has 0 aliphatic rings. The molecule has 0 radical (unpaired) electrons. The molecule has 5 nitrogen and oxygen atoms in total. The van der Waals surface area contributed by atoms with Gasteiger partial charge in [0, 0.05) is 32.2 Å². The second kappa shape index (κ2) is 4.87. The fourth-order valence-corrected chi connectivity index (χ4v) is 1.79. The molecule has 1 rings (SSSR count). The second-order valence-corrected chi connectivity index (χ2v) is 5.19. The molecule has 1 aromatic heterocycles. The van der Waals surface area contributed by atoms with Crippen molar-refractivity contribution in [2.75, 3.05) is 7.11 Å². The minimum Gasteiger partial charge on any atom is -0.479 e. The van der Waals surface area contributed by atoms with Crippen molar-refractivity contribution in [3.8, 4) is 0 Å². The summed E-state index contributed by atoms with van der Waals surface area (Å²) in [5.41, 5.74) is 1.74. The zero-order valence-corrected chi connectivity index (χ0v) is 11.0. The number of carboxylic acids is 1. The van der Waals surface area contributed by atoms with Gasteiger partial charge in [-0.05, 0) is 5.56 Å². The Bertz CT molecular complexity index is 404. The zero-order valence-electron chi connectivity index (χ0n) is 11.0. The summed E-state index contributed by atoms with van der Waals surface area (Å²) in [7, 11) is 3.24. The summed E-state index contributed by atoms with van der Waals surface area (Å²) in [6, 6.07) is 0. The van der Waals surface area contributed by atoms with Crippen molar-refractivity contribution >= 4 is 5.97 Å². The summed E-state index contributed by atoms with van der Waals surface area (Å²) in [5, 5.41) is 13.4. The molecule has 1 unspecified atom stereocenters. The quantitative estimate of drug-likeness (QED) is 0.863. The number of methoxy groups -OCH3 is 1. The topological polar surface area (TPSA) is 64.4 Å². The molecular weight excluding hydrogens is 220 g/mol. The first-order chi connectivity index (χ1) is 7.75. The standard InChI is InChI=1S/C12H20N2O3/c1-12(2,3)10-8(7-14(4)13-10)6-9(17-5)11(15)16/h7,9H,6H2,1-5H3,(H,15,16). The van der Waals surface area contributed by atoms with Gasteiger partial charge in [0.05, 0.1) is 5.69 Å². The van der Waals surface area contributed by atoms with Crippen molar-refractivity contribution in [2.45, 2.75) is 38.7 Å². The molecule has 0 aliphatic heterocycles. The molecule has 1 aromatic rings. The van der Waals surface area contributed by atoms with Crippen molar-refractivity contribution in [3.05, 3.63) is 17.5 Å². The molecule has 1 atom stereocenters. The molecule has 1 N–H and O–H groups in total. The third-order valence-corrected chi connectivity index (χ3v) is 2.58. The largest absolute Gasteiger partial charge is 0.479 e. The number of rotatable bonds is 4. The fourth-order valence-electron chi connectivity index (χ4n) is 1.79. The van der Waals surface area contributed by atoms with Crippen LogP contribution in [0.2, 0.25) is 0 Å². The normalized spacial score (nSPS) is 13.7. The molecular formula is C12H20N2O3. The molecule has 0 spiro atoms. The van der Waals surface area contributed by atoms with Crippen molar-refractivity contribution < 1.29 is 14.6 Å². The number of aromatic nitrogens is 2. The van der Waals surface area contributed by atoms with Crippen molar-refractivity contribution in [1.29, 1.82) is 0 Å². The molecule has 96 valence electrons. The van der Waals surface area contributed by atoms with Gasteiger partial charge in [0.15, 0.2) is 6.10 Å². The predicted octanol–water partition coefficient (Wildman–Crippen LogP) is 1.36. The third kappa shape index (κ3) is 3.30. The Balaban J connectivity index is 3.02. The number of aliphatic carboxylic acids is 1. The van der Waals surface area contributed by atoms with Crippen molar-refractivity contribution in [1.82, 2.24) is 9.78 Å². The van der Waals surface area contributed by atoms with Crippen molar-refractivity contribution in [3.63, 3.8) is 0 Å². The molecule has 0 aromatic carbocycles. The van der Waals surface area contributed by atoms with E-state index in [2.05, 4.69) is 25.9 Å². The number of carboxylic acid groups (broad SMARTS) is 1. The minimum atomic E-state index is -0.948. The minimum absolute atomic E-state index is 0.104. The Morgan fingerprint density at radius 2 is 2.18 bits per heavy atom. The SMILES string of the molecule is COC(Cc1cn(C)nc1C(C)(C)C)C(=O)O. The Morgan fingerprint density at radius 1 is 1.59 bits per heavy atom. The second-order valence-electron chi connectivity index (χ2n) is 5.19. The number of hydrogen-bond donors (Lipinski definition) is 1. The first-order valence-corrected chi connectivity index (χ1v) is 5.54. The van der Waals surface area contributed by atoms with E-state index in [4.69, 9.17) is 9.84 Å². The van der Waals surface area contributed by atoms with Gasteiger partial charge in [-0.3, -0.25) is 4.68 Å². The molecule has 17 heavy (non-hydrogen) atoms. The van der Waals surface area contributed by atoms with E-state index >= 15 is 0 Å². The van der Waals surface area contributed by atoms with Gasteiger partial charge >= 0.3 is 5.97 Å². The molecule has 0 saturated heterocycles. The lowest BCUT2D eigenvalue weighted by Gasteiger charge is -2.18. The monoisotopic (exact) mass is 240 g/mol. The summed E-state index contributed by atoms with van der Waals surface area (Å²) in [4.78, 5) is 11.0. The fraction of sp³-hybridized carbons (Fsp3) is 0.667. The number of ether oxygens (including phenoxy) is 1. The van der Waals surface area contributed by atoms with E-state index in [0.717, 1.165) is 11.3 Å². The van der Waals surface area contributed by atoms with Crippen LogP contribution in [-0.4, -0.2) is 34.1 Å². The van der Waals surface area contributed by atoms with Gasteiger partial charge in [0.1, 0.15) is 0 Å². The molecule has 5 heteroatoms. The molecule has 0 aliphatic carbocycles. The van der Waals surface area contributed by atoms with Gasteiger partial charge in [0.2, 0.25) is 0 Å². The van der Waals surface area contributed by atoms with E-state index in [1.165, 1.54) is 7.11 Å². The van der Waals surface area contributed by atoms with Gasteiger partial charge in [-0.15, -0.1) is 0 Å². The predicted molar refractivity (Wildman–Crippen MR) is 64.0 cm³/mol. The molecule has 0 fully saturated rings. The van der Waals surface area contributed by atoms with Gasteiger partial charge in [-0.1, -0.05) is 20.8 Å². The van der Waals surface area contributed by atoms with Crippen LogP contribution in [0.25, 0.3) is 0 Å². The van der Waals surface area contributed by atoms with Gasteiger partial charge in [0.25, 0.3) is 0 Å². The number of hydrogen-bond acceptors (Lipinski definition) is 3. The lowest BCUT2D eigenvalue weighted by atomic mass is 9.88. The van der Waals surface area contributed by atoms with Gasteiger partial charge in [-0.25, -0.2) is 4.79 Å². The van der Waals surface area contributed by atoms with E-state index in [1.807, 2.05) is 13.2 Å². The highest BCUT2D eigenvalue weighted by molar-refractivity contribution is 5.72. The summed E-state index contributed by atoms with van der Waals surface area (Å²) in [6.45, 7) is 6.17. The number of aryl methyl sites for hydroxylation is 1. The van der Waals surface area contributed by atoms with Crippen LogP contribution in [0, 0.1) is 0 Å². The van der Waals surface area contributed by atoms with Crippen LogP contribution in [0.5, 0.6) is 0 Å². The van der Waals surface area contributed by atoms with Gasteiger partial charge < -0.3 is 9.84 Å². The average molecular weight is 240 g/mol. The maximum absolute atomic E-state index is 11.0. The van der Waals surface area contributed by atoms with E-state index in [-0.39, 0.29) is 5.41 Å². The van der Waals surface area contributed by atoms with Crippen molar-refractivity contribution in [2.24, 2.45) is 7.05 Å². The zero-order chi connectivity index (χ0) is 13.2. The van der Waals surface area contributed by atoms with Crippen LogP contribution in [0.3, 0.4) is 0 Å². The molecule has 0 saturated carbocycles. The van der Waals surface area contributed by atoms with Crippen LogP contribution in [0.15, 0.2) is 6.20 Å². The highest BCUT2D eigenvalue weighted by Gasteiger charge is 2.26. The maximum atomic E-state index is 11.0. The summed E-state index contributed by atoms with van der Waals surface area (Å²) in [5.74, 6) is -0.948. The van der Waals surface area contributed by atoms with Crippen LogP contribution in [-0.2, 0) is 28.4 Å². The average Bonchev–Trinajstić information content (AvgIpc) is 2.55. The third-order valence-electron chi connectivity index (χ3n) is 2.58. The molecule has 0 bridgehead atoms. The Labute approximate surface area is 101 Å². The van der Waals surface area contributed by atoms with E-state index < -0.39 is 12.1 Å². The lowest BCUT2D eigenvalue weighted by Crippen LogP contribution is -2.26. The number of nitrogens with zero attached hydrogens (tertiary/aromatic N) is 2. The van der Waals surface area contributed by atoms with E-state index in [0.29, 0.717) is 6.42 Å². The molecule has 1 heterocycles. The lowest BCUT2D eigenvalue weighted by molar-refractivity contribution is -0.148. The highest BCUT2D eigenvalue weighted by atomic mass is 16.5. The summed E-state index contributed by atoms with van der Waals surface area (Å²) in [6.07, 6.45) is 1.38. The van der Waals surface area contributed by atoms with Crippen LogP contribution >= 0.6 is 0 Å². The Hall–Kier alpha value is -1.36. The van der Waals surface area contributed by atoms with E-state index in [1.54, 1.807) is 4.68 Å². The first-order valence-electron chi connectivity index (χ1n) is 5.54. The smallest absolute Gasteiger partial charge is 0.333 e. The maximum Gasteiger partial charge on any atom is 0.333 e. The van der Waals surface area contributed by atoms with E-state index in [9.17, 15) is 4.79 Å². The van der Waals surface area contributed by atoms with Crippen LogP contribution < -0.4 is 0 Å². The Morgan fingerprint density at radius 3 is 2.59 bits per heavy atom. The van der Waals surface area contributed by atoms with Crippen LogP contribution in [0.1, 0.15) is 32.0 Å². The molecule has 0 amide bonds. The summed E-state index contributed by atoms with van der Waals surface area (Å²) >= 11 is 0. The summed E-state index contributed by atoms with van der Waals surface area (Å²) < 4.78 is 6.67. The van der Waals surface area contributed by atoms with Gasteiger partial charge in [-0.2, -0.15) is 5.10 Å². The van der Waals surface area contributed by atoms with Crippen LogP contribution in [0.4, 0.5) is 0 Å². The first kappa shape index (κ1) is 13.7. The Kier molecular flexibility index (Phi) is 3.93.